The van der Waals surface area contributed by atoms with Gasteiger partial charge in [-0.25, -0.2) is 9.50 Å². The summed E-state index contributed by atoms with van der Waals surface area (Å²) in [5.41, 5.74) is 7.19. The molecule has 1 fully saturated rings. The zero-order chi connectivity index (χ0) is 16.8. The minimum absolute atomic E-state index is 0.661. The number of hydrogen-bond acceptors (Lipinski definition) is 4. The molecule has 5 nitrogen and oxygen atoms in total. The van der Waals surface area contributed by atoms with Crippen LogP contribution in [-0.4, -0.2) is 24.6 Å². The SMILES string of the molecule is Cc1nc2c(-c3ccncc3)ccnn2c1-c1ccc(C2CC2)nc1. The molecule has 122 valence electrons. The number of fused-ring (bicyclic) bond motifs is 1. The molecule has 0 bridgehead atoms. The molecule has 1 aliphatic carbocycles. The first kappa shape index (κ1) is 14.3. The summed E-state index contributed by atoms with van der Waals surface area (Å²) in [6, 6.07) is 10.3. The van der Waals surface area contributed by atoms with Gasteiger partial charge in [-0.05, 0) is 55.7 Å². The molecule has 5 rings (SSSR count). The zero-order valence-corrected chi connectivity index (χ0v) is 13.9. The Bertz CT molecular complexity index is 1050. The second-order valence-corrected chi connectivity index (χ2v) is 6.51. The van der Waals surface area contributed by atoms with Crippen molar-refractivity contribution in [3.8, 4) is 22.4 Å². The Labute approximate surface area is 145 Å². The second-order valence-electron chi connectivity index (χ2n) is 6.51. The standard InChI is InChI=1S/C20H17N5/c1-13-19(16-4-5-18(22-12-16)15-2-3-15)25-20(24-13)17(8-11-23-25)14-6-9-21-10-7-14/h4-12,15H,2-3H2,1H3. The molecule has 0 amide bonds. The number of hydrogen-bond donors (Lipinski definition) is 0. The van der Waals surface area contributed by atoms with Crippen LogP contribution in [0.3, 0.4) is 0 Å². The van der Waals surface area contributed by atoms with E-state index < -0.39 is 0 Å². The third-order valence-electron chi connectivity index (χ3n) is 4.74. The second kappa shape index (κ2) is 5.48. The first-order valence-electron chi connectivity index (χ1n) is 8.52. The lowest BCUT2D eigenvalue weighted by Gasteiger charge is -2.06. The molecule has 0 spiro atoms. The summed E-state index contributed by atoms with van der Waals surface area (Å²) in [7, 11) is 0. The molecule has 25 heavy (non-hydrogen) atoms. The van der Waals surface area contributed by atoms with E-state index in [0.29, 0.717) is 5.92 Å². The van der Waals surface area contributed by atoms with Gasteiger partial charge in [0.1, 0.15) is 0 Å². The highest BCUT2D eigenvalue weighted by Crippen LogP contribution is 2.39. The molecule has 1 aliphatic rings. The molecule has 0 saturated heterocycles. The van der Waals surface area contributed by atoms with Crippen molar-refractivity contribution < 1.29 is 0 Å². The molecular formula is C20H17N5. The van der Waals surface area contributed by atoms with Crippen molar-refractivity contribution in [1.82, 2.24) is 24.6 Å². The van der Waals surface area contributed by atoms with Gasteiger partial charge in [-0.15, -0.1) is 0 Å². The quantitative estimate of drug-likeness (QED) is 0.570. The number of imidazole rings is 1. The zero-order valence-electron chi connectivity index (χ0n) is 13.9. The van der Waals surface area contributed by atoms with Crippen molar-refractivity contribution in [2.24, 2.45) is 0 Å². The van der Waals surface area contributed by atoms with E-state index in [1.807, 2.05) is 42.0 Å². The fourth-order valence-corrected chi connectivity index (χ4v) is 3.31. The van der Waals surface area contributed by atoms with E-state index in [-0.39, 0.29) is 0 Å². The summed E-state index contributed by atoms with van der Waals surface area (Å²) in [5.74, 6) is 0.661. The van der Waals surface area contributed by atoms with Gasteiger partial charge in [-0.1, -0.05) is 0 Å². The lowest BCUT2D eigenvalue weighted by Crippen LogP contribution is -1.97. The maximum Gasteiger partial charge on any atom is 0.162 e. The number of nitrogens with zero attached hydrogens (tertiary/aromatic N) is 5. The van der Waals surface area contributed by atoms with Gasteiger partial charge in [-0.3, -0.25) is 9.97 Å². The van der Waals surface area contributed by atoms with E-state index in [1.165, 1.54) is 18.5 Å². The summed E-state index contributed by atoms with van der Waals surface area (Å²) in [4.78, 5) is 13.5. The maximum absolute atomic E-state index is 4.79. The molecule has 5 heteroatoms. The molecule has 0 atom stereocenters. The first-order chi connectivity index (χ1) is 12.3. The topological polar surface area (TPSA) is 56.0 Å². The first-order valence-corrected chi connectivity index (χ1v) is 8.52. The summed E-state index contributed by atoms with van der Waals surface area (Å²) in [5, 5.41) is 4.55. The predicted octanol–water partition coefficient (Wildman–Crippen LogP) is 4.04. The average Bonchev–Trinajstić information content (AvgIpc) is 3.44. The van der Waals surface area contributed by atoms with Crippen LogP contribution in [-0.2, 0) is 0 Å². The number of rotatable bonds is 3. The molecule has 0 aromatic carbocycles. The molecule has 4 aromatic rings. The lowest BCUT2D eigenvalue weighted by atomic mass is 10.1. The fourth-order valence-electron chi connectivity index (χ4n) is 3.31. The Morgan fingerprint density at radius 1 is 0.960 bits per heavy atom. The van der Waals surface area contributed by atoms with Gasteiger partial charge in [0, 0.05) is 47.5 Å². The van der Waals surface area contributed by atoms with Gasteiger partial charge >= 0.3 is 0 Å². The van der Waals surface area contributed by atoms with E-state index >= 15 is 0 Å². The number of pyridine rings is 2. The lowest BCUT2D eigenvalue weighted by molar-refractivity contribution is 0.939. The smallest absolute Gasteiger partial charge is 0.162 e. The van der Waals surface area contributed by atoms with Crippen molar-refractivity contribution in [2.45, 2.75) is 25.7 Å². The maximum atomic E-state index is 4.79. The summed E-state index contributed by atoms with van der Waals surface area (Å²) >= 11 is 0. The fraction of sp³-hybridized carbons (Fsp3) is 0.200. The average molecular weight is 327 g/mol. The van der Waals surface area contributed by atoms with E-state index in [0.717, 1.165) is 33.7 Å². The van der Waals surface area contributed by atoms with E-state index in [2.05, 4.69) is 27.2 Å². The monoisotopic (exact) mass is 327 g/mol. The van der Waals surface area contributed by atoms with Gasteiger partial charge < -0.3 is 0 Å². The van der Waals surface area contributed by atoms with Crippen LogP contribution in [0.15, 0.2) is 55.1 Å². The van der Waals surface area contributed by atoms with Crippen LogP contribution < -0.4 is 0 Å². The van der Waals surface area contributed by atoms with Crippen molar-refractivity contribution in [3.63, 3.8) is 0 Å². The van der Waals surface area contributed by atoms with Crippen molar-refractivity contribution in [2.75, 3.05) is 0 Å². The normalized spacial score (nSPS) is 14.1. The third-order valence-corrected chi connectivity index (χ3v) is 4.74. The highest BCUT2D eigenvalue weighted by atomic mass is 15.3. The van der Waals surface area contributed by atoms with Crippen LogP contribution in [0.4, 0.5) is 0 Å². The van der Waals surface area contributed by atoms with Crippen LogP contribution in [0.1, 0.15) is 30.1 Å². The molecule has 0 N–H and O–H groups in total. The third kappa shape index (κ3) is 2.39. The van der Waals surface area contributed by atoms with E-state index in [4.69, 9.17) is 4.98 Å². The predicted molar refractivity (Wildman–Crippen MR) is 96.2 cm³/mol. The van der Waals surface area contributed by atoms with Gasteiger partial charge in [0.25, 0.3) is 0 Å². The van der Waals surface area contributed by atoms with Crippen LogP contribution in [0.25, 0.3) is 28.0 Å². The summed E-state index contributed by atoms with van der Waals surface area (Å²) in [6.45, 7) is 2.02. The van der Waals surface area contributed by atoms with Gasteiger partial charge in [0.2, 0.25) is 0 Å². The minimum Gasteiger partial charge on any atom is -0.265 e. The van der Waals surface area contributed by atoms with Gasteiger partial charge in [0.05, 0.1) is 11.4 Å². The molecule has 0 aliphatic heterocycles. The Balaban J connectivity index is 1.67. The van der Waals surface area contributed by atoms with Crippen LogP contribution in [0.2, 0.25) is 0 Å². The van der Waals surface area contributed by atoms with Crippen LogP contribution in [0, 0.1) is 6.92 Å². The van der Waals surface area contributed by atoms with Crippen molar-refractivity contribution in [3.05, 3.63) is 66.5 Å². The van der Waals surface area contributed by atoms with Crippen molar-refractivity contribution >= 4 is 5.65 Å². The molecule has 4 heterocycles. The molecule has 1 saturated carbocycles. The number of aromatic nitrogens is 5. The highest BCUT2D eigenvalue weighted by molar-refractivity contribution is 5.80. The van der Waals surface area contributed by atoms with E-state index in [9.17, 15) is 0 Å². The summed E-state index contributed by atoms with van der Waals surface area (Å²) in [6.07, 6.45) is 9.88. The van der Waals surface area contributed by atoms with Gasteiger partial charge in [-0.2, -0.15) is 5.10 Å². The number of aryl methyl sites for hydroxylation is 1. The van der Waals surface area contributed by atoms with Gasteiger partial charge in [0.15, 0.2) is 5.65 Å². The van der Waals surface area contributed by atoms with Crippen molar-refractivity contribution in [1.29, 1.82) is 0 Å². The Hall–Kier alpha value is -3.08. The molecule has 0 unspecified atom stereocenters. The largest absolute Gasteiger partial charge is 0.265 e. The highest BCUT2D eigenvalue weighted by Gasteiger charge is 2.25. The Morgan fingerprint density at radius 2 is 1.80 bits per heavy atom. The summed E-state index contributed by atoms with van der Waals surface area (Å²) < 4.78 is 1.92. The van der Waals surface area contributed by atoms with E-state index in [1.54, 1.807) is 12.4 Å². The van der Waals surface area contributed by atoms with Crippen LogP contribution >= 0.6 is 0 Å². The Morgan fingerprint density at radius 3 is 2.52 bits per heavy atom. The molecular weight excluding hydrogens is 310 g/mol. The van der Waals surface area contributed by atoms with Crippen LogP contribution in [0.5, 0.6) is 0 Å². The minimum atomic E-state index is 0.661. The molecule has 0 radical (unpaired) electrons. The Kier molecular flexibility index (Phi) is 3.13. The molecule has 4 aromatic heterocycles.